The fourth-order valence-corrected chi connectivity index (χ4v) is 1.34. The summed E-state index contributed by atoms with van der Waals surface area (Å²) in [6.45, 7) is 7.62. The Labute approximate surface area is 96.1 Å². The van der Waals surface area contributed by atoms with E-state index < -0.39 is 0 Å². The Bertz CT molecular complexity index is 450. The normalized spacial score (nSPS) is 10.7. The van der Waals surface area contributed by atoms with Crippen LogP contribution in [0.2, 0.25) is 0 Å². The van der Waals surface area contributed by atoms with Crippen LogP contribution in [0.4, 0.5) is 0 Å². The summed E-state index contributed by atoms with van der Waals surface area (Å²) in [5.74, 6) is -0.111. The molecule has 84 valence electrons. The molecule has 0 aliphatic heterocycles. The van der Waals surface area contributed by atoms with Crippen molar-refractivity contribution >= 4 is 5.91 Å². The summed E-state index contributed by atoms with van der Waals surface area (Å²) < 4.78 is 0. The van der Waals surface area contributed by atoms with E-state index >= 15 is 0 Å². The maximum atomic E-state index is 11.8. The van der Waals surface area contributed by atoms with E-state index in [1.807, 2.05) is 27.7 Å². The van der Waals surface area contributed by atoms with Gasteiger partial charge >= 0.3 is 0 Å². The van der Waals surface area contributed by atoms with Crippen molar-refractivity contribution < 1.29 is 4.79 Å². The number of hydrogen-bond acceptors (Lipinski definition) is 2. The monoisotopic (exact) mass is 216 g/mol. The Kier molecular flexibility index (Phi) is 3.34. The topological polar surface area (TPSA) is 52.9 Å². The van der Waals surface area contributed by atoms with Crippen LogP contribution < -0.4 is 5.32 Å². The minimum absolute atomic E-state index is 0.111. The summed E-state index contributed by atoms with van der Waals surface area (Å²) in [4.78, 5) is 11.8. The van der Waals surface area contributed by atoms with Crippen molar-refractivity contribution in [1.29, 1.82) is 5.26 Å². The van der Waals surface area contributed by atoms with E-state index in [4.69, 9.17) is 5.26 Å². The highest BCUT2D eigenvalue weighted by molar-refractivity contribution is 5.95. The van der Waals surface area contributed by atoms with Crippen LogP contribution in [-0.2, 0) is 0 Å². The van der Waals surface area contributed by atoms with E-state index in [9.17, 15) is 4.79 Å². The number of carbonyl (C=O) groups is 1. The number of rotatable bonds is 1. The molecule has 0 heterocycles. The Morgan fingerprint density at radius 1 is 1.38 bits per heavy atom. The first-order valence-electron chi connectivity index (χ1n) is 5.17. The average Bonchev–Trinajstić information content (AvgIpc) is 2.15. The van der Waals surface area contributed by atoms with Crippen LogP contribution >= 0.6 is 0 Å². The first kappa shape index (κ1) is 12.3. The molecular weight excluding hydrogens is 200 g/mol. The summed E-state index contributed by atoms with van der Waals surface area (Å²) in [5, 5.41) is 11.7. The van der Waals surface area contributed by atoms with E-state index in [2.05, 4.69) is 11.4 Å². The fourth-order valence-electron chi connectivity index (χ4n) is 1.34. The van der Waals surface area contributed by atoms with Crippen molar-refractivity contribution in [2.45, 2.75) is 33.2 Å². The lowest BCUT2D eigenvalue weighted by molar-refractivity contribution is 0.0919. The highest BCUT2D eigenvalue weighted by atomic mass is 16.1. The fraction of sp³-hybridized carbons (Fsp3) is 0.385. The molecule has 0 saturated heterocycles. The van der Waals surface area contributed by atoms with Crippen LogP contribution in [0.1, 0.15) is 42.3 Å². The molecule has 0 bridgehead atoms. The quantitative estimate of drug-likeness (QED) is 0.783. The van der Waals surface area contributed by atoms with Gasteiger partial charge in [0, 0.05) is 11.1 Å². The summed E-state index contributed by atoms with van der Waals surface area (Å²) in [6.07, 6.45) is 0. The van der Waals surface area contributed by atoms with Gasteiger partial charge in [-0.05, 0) is 51.5 Å². The van der Waals surface area contributed by atoms with Gasteiger partial charge in [0.05, 0.1) is 11.6 Å². The minimum Gasteiger partial charge on any atom is -0.347 e. The molecule has 1 aromatic rings. The molecule has 0 saturated carbocycles. The zero-order valence-electron chi connectivity index (χ0n) is 10.1. The number of amides is 1. The zero-order chi connectivity index (χ0) is 12.3. The highest BCUT2D eigenvalue weighted by Gasteiger charge is 2.15. The molecule has 0 aliphatic carbocycles. The molecule has 3 nitrogen and oxygen atoms in total. The van der Waals surface area contributed by atoms with Gasteiger partial charge in [-0.25, -0.2) is 0 Å². The first-order chi connectivity index (χ1) is 7.33. The first-order valence-corrected chi connectivity index (χ1v) is 5.17. The van der Waals surface area contributed by atoms with Crippen LogP contribution in [0.5, 0.6) is 0 Å². The van der Waals surface area contributed by atoms with Gasteiger partial charge in [0.1, 0.15) is 0 Å². The molecule has 0 aliphatic rings. The summed E-state index contributed by atoms with van der Waals surface area (Å²) >= 11 is 0. The number of carbonyl (C=O) groups excluding carboxylic acids is 1. The minimum atomic E-state index is -0.251. The van der Waals surface area contributed by atoms with E-state index in [0.717, 1.165) is 5.56 Å². The summed E-state index contributed by atoms with van der Waals surface area (Å²) in [6, 6.07) is 7.16. The zero-order valence-corrected chi connectivity index (χ0v) is 10.1. The Morgan fingerprint density at radius 2 is 2.00 bits per heavy atom. The third kappa shape index (κ3) is 3.09. The van der Waals surface area contributed by atoms with Gasteiger partial charge in [0.15, 0.2) is 0 Å². The molecular formula is C13H16N2O. The van der Waals surface area contributed by atoms with Gasteiger partial charge in [-0.15, -0.1) is 0 Å². The van der Waals surface area contributed by atoms with Crippen molar-refractivity contribution in [1.82, 2.24) is 5.32 Å². The van der Waals surface area contributed by atoms with Crippen LogP contribution in [0.3, 0.4) is 0 Å². The van der Waals surface area contributed by atoms with Gasteiger partial charge in [-0.3, -0.25) is 4.79 Å². The van der Waals surface area contributed by atoms with E-state index in [1.54, 1.807) is 18.2 Å². The molecule has 0 atom stereocenters. The third-order valence-electron chi connectivity index (χ3n) is 2.10. The molecule has 3 heteroatoms. The van der Waals surface area contributed by atoms with Gasteiger partial charge in [-0.2, -0.15) is 5.26 Å². The molecule has 1 rings (SSSR count). The Morgan fingerprint density at radius 3 is 2.44 bits per heavy atom. The lowest BCUT2D eigenvalue weighted by Crippen LogP contribution is -2.40. The van der Waals surface area contributed by atoms with Crippen molar-refractivity contribution in [2.75, 3.05) is 0 Å². The van der Waals surface area contributed by atoms with Gasteiger partial charge in [0.2, 0.25) is 0 Å². The lowest BCUT2D eigenvalue weighted by Gasteiger charge is -2.20. The molecule has 1 N–H and O–H groups in total. The number of nitrogens with one attached hydrogen (secondary N) is 1. The third-order valence-corrected chi connectivity index (χ3v) is 2.10. The lowest BCUT2D eigenvalue weighted by atomic mass is 10.0. The Hall–Kier alpha value is -1.82. The van der Waals surface area contributed by atoms with Crippen LogP contribution in [0, 0.1) is 18.3 Å². The number of benzene rings is 1. The van der Waals surface area contributed by atoms with E-state index in [-0.39, 0.29) is 11.4 Å². The molecule has 0 fully saturated rings. The summed E-state index contributed by atoms with van der Waals surface area (Å²) in [7, 11) is 0. The van der Waals surface area contributed by atoms with E-state index in [1.165, 1.54) is 0 Å². The van der Waals surface area contributed by atoms with Crippen LogP contribution in [0.25, 0.3) is 0 Å². The predicted molar refractivity (Wildman–Crippen MR) is 63.1 cm³/mol. The molecule has 0 aromatic heterocycles. The second-order valence-corrected chi connectivity index (χ2v) is 4.85. The summed E-state index contributed by atoms with van der Waals surface area (Å²) in [5.41, 5.74) is 1.77. The molecule has 1 aromatic carbocycles. The van der Waals surface area contributed by atoms with Crippen molar-refractivity contribution in [2.24, 2.45) is 0 Å². The van der Waals surface area contributed by atoms with Crippen molar-refractivity contribution in [3.63, 3.8) is 0 Å². The van der Waals surface area contributed by atoms with Crippen molar-refractivity contribution in [3.05, 3.63) is 34.9 Å². The van der Waals surface area contributed by atoms with E-state index in [0.29, 0.717) is 11.1 Å². The average molecular weight is 216 g/mol. The second-order valence-electron chi connectivity index (χ2n) is 4.85. The van der Waals surface area contributed by atoms with Crippen LogP contribution in [0.15, 0.2) is 18.2 Å². The molecule has 0 radical (unpaired) electrons. The molecule has 1 amide bonds. The maximum Gasteiger partial charge on any atom is 0.251 e. The molecule has 0 unspecified atom stereocenters. The standard InChI is InChI=1S/C13H16N2O/c1-9-7-10(5-6-11(9)8-14)12(16)15-13(2,3)4/h5-7H,1-4H3,(H,15,16). The predicted octanol–water partition coefficient (Wildman–Crippen LogP) is 2.40. The Balaban J connectivity index is 2.95. The smallest absolute Gasteiger partial charge is 0.251 e. The SMILES string of the molecule is Cc1cc(C(=O)NC(C)(C)C)ccc1C#N. The molecule has 0 spiro atoms. The number of nitrogens with zero attached hydrogens (tertiary/aromatic N) is 1. The van der Waals surface area contributed by atoms with Crippen molar-refractivity contribution in [3.8, 4) is 6.07 Å². The largest absolute Gasteiger partial charge is 0.347 e. The number of hydrogen-bond donors (Lipinski definition) is 1. The highest BCUT2D eigenvalue weighted by Crippen LogP contribution is 2.11. The molecule has 16 heavy (non-hydrogen) atoms. The number of nitriles is 1. The number of aryl methyl sites for hydroxylation is 1. The second kappa shape index (κ2) is 4.36. The van der Waals surface area contributed by atoms with Gasteiger partial charge < -0.3 is 5.32 Å². The maximum absolute atomic E-state index is 11.8. The van der Waals surface area contributed by atoms with Gasteiger partial charge in [0.25, 0.3) is 5.91 Å². The van der Waals surface area contributed by atoms with Crippen LogP contribution in [-0.4, -0.2) is 11.4 Å². The van der Waals surface area contributed by atoms with Gasteiger partial charge in [-0.1, -0.05) is 0 Å².